The smallest absolute Gasteiger partial charge is 0.317 e. The second-order valence-corrected chi connectivity index (χ2v) is 7.91. The maximum atomic E-state index is 12.6. The number of likely N-dealkylation sites (N-methyl/N-ethyl adjacent to an activating group) is 1. The van der Waals surface area contributed by atoms with E-state index < -0.39 is 0 Å². The lowest BCUT2D eigenvalue weighted by atomic mass is 10.0. The zero-order valence-electron chi connectivity index (χ0n) is 18.2. The predicted molar refractivity (Wildman–Crippen MR) is 114 cm³/mol. The van der Waals surface area contributed by atoms with Crippen LogP contribution < -0.4 is 4.74 Å². The number of hydrogen-bond donors (Lipinski definition) is 0. The van der Waals surface area contributed by atoms with Gasteiger partial charge in [-0.15, -0.1) is 0 Å². The average Bonchev–Trinajstić information content (AvgIpc) is 2.76. The molecule has 1 aliphatic rings. The van der Waals surface area contributed by atoms with Crippen molar-refractivity contribution in [3.05, 3.63) is 52.3 Å². The van der Waals surface area contributed by atoms with Crippen molar-refractivity contribution in [2.75, 3.05) is 26.7 Å². The van der Waals surface area contributed by atoms with Crippen molar-refractivity contribution >= 4 is 5.91 Å². The van der Waals surface area contributed by atoms with Crippen molar-refractivity contribution in [3.8, 4) is 12.1 Å². The first-order chi connectivity index (χ1) is 14.4. The van der Waals surface area contributed by atoms with E-state index >= 15 is 0 Å². The maximum Gasteiger partial charge on any atom is 0.317 e. The van der Waals surface area contributed by atoms with E-state index in [2.05, 4.69) is 20.9 Å². The van der Waals surface area contributed by atoms with Gasteiger partial charge in [-0.3, -0.25) is 9.69 Å². The quantitative estimate of drug-likeness (QED) is 0.732. The monoisotopic (exact) mass is 407 g/mol. The van der Waals surface area contributed by atoms with Crippen LogP contribution in [0.2, 0.25) is 0 Å². The van der Waals surface area contributed by atoms with Crippen molar-refractivity contribution in [2.45, 2.75) is 46.2 Å². The van der Waals surface area contributed by atoms with Crippen LogP contribution >= 0.6 is 0 Å². The molecular formula is C23H29N5O2. The third-order valence-corrected chi connectivity index (χ3v) is 5.92. The van der Waals surface area contributed by atoms with Gasteiger partial charge in [0, 0.05) is 44.1 Å². The Balaban J connectivity index is 1.46. The lowest BCUT2D eigenvalue weighted by Crippen LogP contribution is -2.46. The number of hydrogen-bond acceptors (Lipinski definition) is 6. The minimum absolute atomic E-state index is 0.0517. The van der Waals surface area contributed by atoms with E-state index in [9.17, 15) is 4.79 Å². The van der Waals surface area contributed by atoms with Crippen LogP contribution in [-0.4, -0.2) is 58.5 Å². The molecule has 3 rings (SSSR count). The Morgan fingerprint density at radius 3 is 2.33 bits per heavy atom. The first kappa shape index (κ1) is 21.7. The molecule has 1 aliphatic heterocycles. The number of piperidine rings is 1. The molecule has 0 aliphatic carbocycles. The minimum atomic E-state index is -0.0555. The van der Waals surface area contributed by atoms with Crippen LogP contribution in [0.1, 0.15) is 40.9 Å². The standard InChI is InChI=1S/C23H29N5O2/c1-16-17(2)25-23(26-18(16)3)30-15-22(29)27(4)21-9-11-28(12-10-21)14-20-7-5-19(13-24)6-8-20/h5-8,21H,9-12,14-15H2,1-4H3. The van der Waals surface area contributed by atoms with Gasteiger partial charge in [0.05, 0.1) is 11.6 Å². The van der Waals surface area contributed by atoms with E-state index in [1.807, 2.05) is 52.1 Å². The number of aryl methyl sites for hydroxylation is 2. The Morgan fingerprint density at radius 2 is 1.77 bits per heavy atom. The molecule has 0 bridgehead atoms. The molecule has 158 valence electrons. The van der Waals surface area contributed by atoms with E-state index in [1.54, 1.807) is 4.90 Å². The third kappa shape index (κ3) is 5.33. The van der Waals surface area contributed by atoms with E-state index in [4.69, 9.17) is 10.00 Å². The van der Waals surface area contributed by atoms with Crippen molar-refractivity contribution in [3.63, 3.8) is 0 Å². The van der Waals surface area contributed by atoms with Gasteiger partial charge >= 0.3 is 6.01 Å². The summed E-state index contributed by atoms with van der Waals surface area (Å²) in [5, 5.41) is 8.91. The summed E-state index contributed by atoms with van der Waals surface area (Å²) in [4.78, 5) is 25.4. The summed E-state index contributed by atoms with van der Waals surface area (Å²) in [6, 6.07) is 10.3. The summed E-state index contributed by atoms with van der Waals surface area (Å²) in [5.41, 5.74) is 4.66. The summed E-state index contributed by atoms with van der Waals surface area (Å²) >= 11 is 0. The van der Waals surface area contributed by atoms with Crippen molar-refractivity contribution < 1.29 is 9.53 Å². The highest BCUT2D eigenvalue weighted by molar-refractivity contribution is 5.77. The van der Waals surface area contributed by atoms with E-state index in [0.29, 0.717) is 5.56 Å². The molecule has 2 heterocycles. The molecule has 1 saturated heterocycles. The van der Waals surface area contributed by atoms with Gasteiger partial charge in [0.25, 0.3) is 5.91 Å². The zero-order chi connectivity index (χ0) is 21.7. The normalized spacial score (nSPS) is 14.9. The minimum Gasteiger partial charge on any atom is -0.453 e. The average molecular weight is 408 g/mol. The molecule has 1 aromatic heterocycles. The number of rotatable bonds is 6. The van der Waals surface area contributed by atoms with E-state index in [-0.39, 0.29) is 24.6 Å². The molecule has 0 spiro atoms. The van der Waals surface area contributed by atoms with Crippen LogP contribution in [0, 0.1) is 32.1 Å². The molecule has 0 radical (unpaired) electrons. The van der Waals surface area contributed by atoms with Crippen molar-refractivity contribution in [1.29, 1.82) is 5.26 Å². The van der Waals surface area contributed by atoms with Crippen LogP contribution in [0.4, 0.5) is 0 Å². The van der Waals surface area contributed by atoms with Crippen LogP contribution in [-0.2, 0) is 11.3 Å². The molecule has 2 aromatic rings. The summed E-state index contributed by atoms with van der Waals surface area (Å²) in [6.07, 6.45) is 1.86. The highest BCUT2D eigenvalue weighted by Crippen LogP contribution is 2.18. The Bertz CT molecular complexity index is 905. The first-order valence-electron chi connectivity index (χ1n) is 10.3. The summed E-state index contributed by atoms with van der Waals surface area (Å²) in [6.45, 7) is 8.48. The van der Waals surface area contributed by atoms with Crippen molar-refractivity contribution in [1.82, 2.24) is 19.8 Å². The molecule has 0 N–H and O–H groups in total. The molecule has 1 fully saturated rings. The number of aromatic nitrogens is 2. The largest absolute Gasteiger partial charge is 0.453 e. The lowest BCUT2D eigenvalue weighted by molar-refractivity contribution is -0.135. The molecule has 0 unspecified atom stereocenters. The van der Waals surface area contributed by atoms with Gasteiger partial charge in [-0.25, -0.2) is 9.97 Å². The molecule has 7 heteroatoms. The van der Waals surface area contributed by atoms with Crippen molar-refractivity contribution in [2.24, 2.45) is 0 Å². The number of amides is 1. The van der Waals surface area contributed by atoms with Crippen LogP contribution in [0.3, 0.4) is 0 Å². The fourth-order valence-electron chi connectivity index (χ4n) is 3.65. The Hall–Kier alpha value is -2.98. The topological polar surface area (TPSA) is 82.4 Å². The van der Waals surface area contributed by atoms with Gasteiger partial charge in [-0.2, -0.15) is 5.26 Å². The second-order valence-electron chi connectivity index (χ2n) is 7.91. The molecule has 1 aromatic carbocycles. The second kappa shape index (κ2) is 9.68. The van der Waals surface area contributed by atoms with Crippen LogP contribution in [0.15, 0.2) is 24.3 Å². The van der Waals surface area contributed by atoms with Gasteiger partial charge in [-0.1, -0.05) is 12.1 Å². The predicted octanol–water partition coefficient (Wildman–Crippen LogP) is 2.78. The van der Waals surface area contributed by atoms with Crippen LogP contribution in [0.25, 0.3) is 0 Å². The van der Waals surface area contributed by atoms with E-state index in [0.717, 1.165) is 49.4 Å². The number of carbonyl (C=O) groups is 1. The lowest BCUT2D eigenvalue weighted by Gasteiger charge is -2.36. The maximum absolute atomic E-state index is 12.6. The fourth-order valence-corrected chi connectivity index (χ4v) is 3.65. The number of nitrogens with zero attached hydrogens (tertiary/aromatic N) is 5. The Kier molecular flexibility index (Phi) is 7.01. The van der Waals surface area contributed by atoms with Gasteiger partial charge in [0.2, 0.25) is 0 Å². The number of benzene rings is 1. The number of carbonyl (C=O) groups excluding carboxylic acids is 1. The van der Waals surface area contributed by atoms with Gasteiger partial charge in [-0.05, 0) is 56.9 Å². The number of nitriles is 1. The highest BCUT2D eigenvalue weighted by Gasteiger charge is 2.25. The van der Waals surface area contributed by atoms with Gasteiger partial charge in [0.1, 0.15) is 0 Å². The Labute approximate surface area is 178 Å². The van der Waals surface area contributed by atoms with Gasteiger partial charge in [0.15, 0.2) is 6.61 Å². The Morgan fingerprint density at radius 1 is 1.17 bits per heavy atom. The summed E-state index contributed by atoms with van der Waals surface area (Å²) in [5.74, 6) is -0.0555. The summed E-state index contributed by atoms with van der Waals surface area (Å²) < 4.78 is 5.57. The highest BCUT2D eigenvalue weighted by atomic mass is 16.5. The zero-order valence-corrected chi connectivity index (χ0v) is 18.2. The SMILES string of the molecule is Cc1nc(OCC(=O)N(C)C2CCN(Cc3ccc(C#N)cc3)CC2)nc(C)c1C. The number of ether oxygens (including phenoxy) is 1. The number of likely N-dealkylation sites (tertiary alicyclic amines) is 1. The first-order valence-corrected chi connectivity index (χ1v) is 10.3. The van der Waals surface area contributed by atoms with E-state index in [1.165, 1.54) is 5.56 Å². The van der Waals surface area contributed by atoms with Gasteiger partial charge < -0.3 is 9.64 Å². The fraction of sp³-hybridized carbons (Fsp3) is 0.478. The molecule has 7 nitrogen and oxygen atoms in total. The summed E-state index contributed by atoms with van der Waals surface area (Å²) in [7, 11) is 1.85. The van der Waals surface area contributed by atoms with Crippen LogP contribution in [0.5, 0.6) is 6.01 Å². The molecule has 0 saturated carbocycles. The third-order valence-electron chi connectivity index (χ3n) is 5.92. The molecule has 0 atom stereocenters. The molecular weight excluding hydrogens is 378 g/mol. The molecule has 1 amide bonds. The molecule has 30 heavy (non-hydrogen) atoms.